The Balaban J connectivity index is 0.000000668. The lowest BCUT2D eigenvalue weighted by Crippen LogP contribution is -2.38. The summed E-state index contributed by atoms with van der Waals surface area (Å²) >= 11 is 0. The van der Waals surface area contributed by atoms with E-state index in [2.05, 4.69) is 25.7 Å². The highest BCUT2D eigenvalue weighted by atomic mass is 16.1. The molecule has 3 aromatic rings. The first-order valence-corrected chi connectivity index (χ1v) is 12.2. The van der Waals surface area contributed by atoms with Gasteiger partial charge in [0.2, 0.25) is 0 Å². The Labute approximate surface area is 192 Å². The molecule has 0 radical (unpaired) electrons. The molecular weight excluding hydrogens is 396 g/mol. The molecule has 1 aliphatic carbocycles. The van der Waals surface area contributed by atoms with E-state index < -0.39 is 0 Å². The maximum atomic E-state index is 12.6. The van der Waals surface area contributed by atoms with Gasteiger partial charge in [-0.3, -0.25) is 4.79 Å². The maximum Gasteiger partial charge on any atom is 0.186 e. The Morgan fingerprint density at radius 1 is 0.938 bits per heavy atom. The van der Waals surface area contributed by atoms with E-state index in [1.165, 1.54) is 12.8 Å². The van der Waals surface area contributed by atoms with Gasteiger partial charge >= 0.3 is 0 Å². The number of rotatable bonds is 5. The molecule has 1 aliphatic rings. The molecule has 4 rings (SSSR count). The van der Waals surface area contributed by atoms with E-state index >= 15 is 0 Å². The lowest BCUT2D eigenvalue weighted by atomic mass is 9.90. The van der Waals surface area contributed by atoms with E-state index in [0.29, 0.717) is 12.1 Å². The van der Waals surface area contributed by atoms with E-state index in [0.717, 1.165) is 59.7 Å². The topological polar surface area (TPSA) is 51.0 Å². The zero-order chi connectivity index (χ0) is 23.1. The van der Waals surface area contributed by atoms with E-state index in [4.69, 9.17) is 10.2 Å². The summed E-state index contributed by atoms with van der Waals surface area (Å²) < 4.78 is 0. The van der Waals surface area contributed by atoms with Crippen LogP contribution in [-0.4, -0.2) is 39.0 Å². The average Bonchev–Trinajstić information content (AvgIpc) is 3.24. The molecule has 0 saturated heterocycles. The van der Waals surface area contributed by atoms with Gasteiger partial charge in [-0.2, -0.15) is 15.0 Å². The highest BCUT2D eigenvalue weighted by molar-refractivity contribution is 6.03. The van der Waals surface area contributed by atoms with Crippen molar-refractivity contribution in [1.82, 2.24) is 19.9 Å². The van der Waals surface area contributed by atoms with Crippen LogP contribution in [0, 0.1) is 0 Å². The zero-order valence-corrected chi connectivity index (χ0v) is 20.3. The van der Waals surface area contributed by atoms with Gasteiger partial charge in [-0.25, -0.2) is 0 Å². The molecule has 5 heteroatoms. The van der Waals surface area contributed by atoms with E-state index in [1.807, 2.05) is 55.1 Å². The number of allylic oxidation sites excluding steroid dienone is 2. The lowest BCUT2D eigenvalue weighted by molar-refractivity contribution is 0.143. The van der Waals surface area contributed by atoms with Crippen molar-refractivity contribution >= 4 is 21.8 Å². The number of hydrogen-bond acceptors (Lipinski definition) is 4. The SMILES string of the molecule is C/C=C\C.CCc1cc(=O)c2ccccc2c2nn(C3CCC(N(CC)CC)CC3)nc12. The van der Waals surface area contributed by atoms with Gasteiger partial charge in [-0.1, -0.05) is 57.2 Å². The Kier molecular flexibility index (Phi) is 8.57. The molecule has 0 spiro atoms. The van der Waals surface area contributed by atoms with Gasteiger partial charge in [0.25, 0.3) is 0 Å². The first-order chi connectivity index (χ1) is 15.6. The third kappa shape index (κ3) is 5.09. The van der Waals surface area contributed by atoms with E-state index in [-0.39, 0.29) is 5.43 Å². The summed E-state index contributed by atoms with van der Waals surface area (Å²) in [6, 6.07) is 10.6. The average molecular weight is 435 g/mol. The molecular formula is C27H38N4O. The summed E-state index contributed by atoms with van der Waals surface area (Å²) in [6.07, 6.45) is 9.40. The van der Waals surface area contributed by atoms with Gasteiger partial charge in [0.05, 0.1) is 6.04 Å². The number of hydrogen-bond donors (Lipinski definition) is 0. The standard InChI is InChI=1S/C23H30N4O.C4H8/c1-4-16-15-21(28)19-9-7-8-10-20(19)23-22(16)24-27(25-23)18-13-11-17(12-14-18)26(5-2)6-3;1-3-4-2/h7-10,15,17-18H,4-6,11-14H2,1-3H3;3-4H,1-2H3/b;4-3-. The van der Waals surface area contributed by atoms with Gasteiger partial charge in [-0.05, 0) is 70.7 Å². The third-order valence-corrected chi connectivity index (χ3v) is 6.72. The molecule has 0 unspecified atom stereocenters. The van der Waals surface area contributed by atoms with Crippen molar-refractivity contribution < 1.29 is 0 Å². The highest BCUT2D eigenvalue weighted by Gasteiger charge is 2.27. The van der Waals surface area contributed by atoms with Gasteiger partial charge in [0.15, 0.2) is 5.43 Å². The van der Waals surface area contributed by atoms with Crippen LogP contribution < -0.4 is 5.43 Å². The second-order valence-corrected chi connectivity index (χ2v) is 8.50. The number of fused-ring (bicyclic) bond motifs is 3. The van der Waals surface area contributed by atoms with Gasteiger partial charge in [-0.15, -0.1) is 0 Å². The number of benzene rings is 1. The predicted octanol–water partition coefficient (Wildman–Crippen LogP) is 5.92. The minimum atomic E-state index is 0.0542. The summed E-state index contributed by atoms with van der Waals surface area (Å²) in [6.45, 7) is 12.8. The number of aryl methyl sites for hydroxylation is 1. The van der Waals surface area contributed by atoms with Crippen molar-refractivity contribution in [3.63, 3.8) is 0 Å². The normalized spacial score (nSPS) is 18.9. The first-order valence-electron chi connectivity index (χ1n) is 12.2. The van der Waals surface area contributed by atoms with Crippen LogP contribution >= 0.6 is 0 Å². The summed E-state index contributed by atoms with van der Waals surface area (Å²) in [4.78, 5) is 17.2. The molecule has 32 heavy (non-hydrogen) atoms. The Bertz CT molecular complexity index is 1100. The number of nitrogens with zero attached hydrogens (tertiary/aromatic N) is 4. The lowest BCUT2D eigenvalue weighted by Gasteiger charge is -2.35. The summed E-state index contributed by atoms with van der Waals surface area (Å²) in [5.74, 6) is 0. The fourth-order valence-corrected chi connectivity index (χ4v) is 4.76. The maximum absolute atomic E-state index is 12.6. The van der Waals surface area contributed by atoms with Crippen LogP contribution in [0.2, 0.25) is 0 Å². The monoisotopic (exact) mass is 434 g/mol. The van der Waals surface area contributed by atoms with Crippen LogP contribution in [0.1, 0.15) is 71.9 Å². The largest absolute Gasteiger partial charge is 0.301 e. The van der Waals surface area contributed by atoms with Crippen LogP contribution in [0.25, 0.3) is 21.8 Å². The minimum Gasteiger partial charge on any atom is -0.301 e. The molecule has 1 aromatic heterocycles. The van der Waals surface area contributed by atoms with Gasteiger partial charge in [0.1, 0.15) is 11.0 Å². The van der Waals surface area contributed by atoms with Crippen molar-refractivity contribution in [2.75, 3.05) is 13.1 Å². The second-order valence-electron chi connectivity index (χ2n) is 8.50. The first kappa shape index (κ1) is 24.1. The van der Waals surface area contributed by atoms with Crippen LogP contribution in [0.4, 0.5) is 0 Å². The van der Waals surface area contributed by atoms with Gasteiger partial charge in [0, 0.05) is 16.8 Å². The number of aromatic nitrogens is 3. The molecule has 0 aliphatic heterocycles. The van der Waals surface area contributed by atoms with Crippen molar-refractivity contribution in [1.29, 1.82) is 0 Å². The summed E-state index contributed by atoms with van der Waals surface area (Å²) in [5.41, 5.74) is 2.78. The summed E-state index contributed by atoms with van der Waals surface area (Å²) in [5, 5.41) is 11.5. The molecule has 172 valence electrons. The highest BCUT2D eigenvalue weighted by Crippen LogP contribution is 2.31. The molecule has 1 saturated carbocycles. The molecule has 2 aromatic carbocycles. The van der Waals surface area contributed by atoms with Gasteiger partial charge < -0.3 is 4.90 Å². The molecule has 1 heterocycles. The Morgan fingerprint density at radius 3 is 2.09 bits per heavy atom. The predicted molar refractivity (Wildman–Crippen MR) is 135 cm³/mol. The summed E-state index contributed by atoms with van der Waals surface area (Å²) in [7, 11) is 0. The van der Waals surface area contributed by atoms with Crippen molar-refractivity contribution in [2.24, 2.45) is 0 Å². The van der Waals surface area contributed by atoms with E-state index in [1.54, 1.807) is 6.07 Å². The Hall–Kier alpha value is -2.53. The van der Waals surface area contributed by atoms with Crippen LogP contribution in [0.15, 0.2) is 47.3 Å². The minimum absolute atomic E-state index is 0.0542. The fourth-order valence-electron chi connectivity index (χ4n) is 4.76. The fraction of sp³-hybridized carbons (Fsp3) is 0.519. The van der Waals surface area contributed by atoms with Crippen LogP contribution in [0.5, 0.6) is 0 Å². The zero-order valence-electron chi connectivity index (χ0n) is 20.3. The Morgan fingerprint density at radius 2 is 1.53 bits per heavy atom. The molecule has 0 amide bonds. The van der Waals surface area contributed by atoms with Crippen molar-refractivity contribution in [2.45, 2.75) is 78.8 Å². The third-order valence-electron chi connectivity index (χ3n) is 6.72. The quantitative estimate of drug-likeness (QED) is 0.468. The molecule has 5 nitrogen and oxygen atoms in total. The molecule has 0 bridgehead atoms. The second kappa shape index (κ2) is 11.4. The molecule has 0 N–H and O–H groups in total. The van der Waals surface area contributed by atoms with Crippen LogP contribution in [0.3, 0.4) is 0 Å². The van der Waals surface area contributed by atoms with E-state index in [9.17, 15) is 4.79 Å². The van der Waals surface area contributed by atoms with Crippen molar-refractivity contribution in [3.05, 3.63) is 58.3 Å². The molecule has 1 fully saturated rings. The van der Waals surface area contributed by atoms with Crippen molar-refractivity contribution in [3.8, 4) is 0 Å². The smallest absolute Gasteiger partial charge is 0.186 e. The van der Waals surface area contributed by atoms with Crippen LogP contribution in [-0.2, 0) is 6.42 Å². The molecule has 0 atom stereocenters.